The van der Waals surface area contributed by atoms with Crippen LogP contribution in [0.15, 0.2) is 0 Å². The molecule has 0 aliphatic rings. The van der Waals surface area contributed by atoms with Crippen LogP contribution >= 0.6 is 22.6 Å². The number of alkyl halides is 8. The Bertz CT molecular complexity index is 227. The maximum Gasteiger partial charge on any atom is 0.459 e. The van der Waals surface area contributed by atoms with Crippen molar-refractivity contribution < 1.29 is 35.8 Å². The lowest BCUT2D eigenvalue weighted by molar-refractivity contribution is -0.355. The number of halogens is 8. The highest BCUT2D eigenvalue weighted by Crippen LogP contribution is 2.49. The zero-order valence-electron chi connectivity index (χ0n) is 7.67. The van der Waals surface area contributed by atoms with E-state index in [-0.39, 0.29) is 6.42 Å². The summed E-state index contributed by atoms with van der Waals surface area (Å²) in [4.78, 5) is 0. The van der Waals surface area contributed by atoms with Gasteiger partial charge in [-0.15, -0.1) is 0 Å². The smallest absolute Gasteiger partial charge is 0.396 e. The monoisotopic (exact) mass is 368 g/mol. The summed E-state index contributed by atoms with van der Waals surface area (Å²) in [5.41, 5.74) is 0. The molecule has 0 saturated heterocycles. The molecule has 0 amide bonds. The third-order valence-corrected chi connectivity index (χ3v) is 2.80. The van der Waals surface area contributed by atoms with Gasteiger partial charge >= 0.3 is 18.0 Å². The molecule has 0 spiro atoms. The van der Waals surface area contributed by atoms with Crippen molar-refractivity contribution in [3.05, 3.63) is 0 Å². The molecular formula is C7H8F7IO. The van der Waals surface area contributed by atoms with Gasteiger partial charge in [0.25, 0.3) is 0 Å². The molecule has 0 aromatic heterocycles. The SMILES string of the molecule is OCC[C@H](I)CC(F)(F)C(F)(F)C(F)(F)F. The number of hydrogen-bond acceptors (Lipinski definition) is 1. The van der Waals surface area contributed by atoms with Gasteiger partial charge in [-0.1, -0.05) is 22.6 Å². The zero-order chi connectivity index (χ0) is 13.2. The molecule has 9 heteroatoms. The summed E-state index contributed by atoms with van der Waals surface area (Å²) in [5.74, 6) is -11.2. The summed E-state index contributed by atoms with van der Waals surface area (Å²) in [6, 6.07) is 0. The second-order valence-corrected chi connectivity index (χ2v) is 4.85. The predicted molar refractivity (Wildman–Crippen MR) is 50.1 cm³/mol. The topological polar surface area (TPSA) is 20.2 Å². The van der Waals surface area contributed by atoms with Crippen LogP contribution in [0.4, 0.5) is 30.7 Å². The number of hydrogen-bond donors (Lipinski definition) is 1. The Hall–Kier alpha value is 0.200. The Morgan fingerprint density at radius 2 is 1.44 bits per heavy atom. The molecule has 0 radical (unpaired) electrons. The maximum atomic E-state index is 12.7. The van der Waals surface area contributed by atoms with Gasteiger partial charge in [0, 0.05) is 17.0 Å². The van der Waals surface area contributed by atoms with E-state index in [9.17, 15) is 30.7 Å². The lowest BCUT2D eigenvalue weighted by Crippen LogP contribution is -2.52. The second kappa shape index (κ2) is 5.23. The summed E-state index contributed by atoms with van der Waals surface area (Å²) in [5, 5.41) is 8.34. The molecule has 1 N–H and O–H groups in total. The van der Waals surface area contributed by atoms with Crippen molar-refractivity contribution in [1.82, 2.24) is 0 Å². The van der Waals surface area contributed by atoms with E-state index in [0.29, 0.717) is 0 Å². The van der Waals surface area contributed by atoms with E-state index in [0.717, 1.165) is 0 Å². The van der Waals surface area contributed by atoms with Gasteiger partial charge in [-0.3, -0.25) is 0 Å². The molecule has 0 fully saturated rings. The van der Waals surface area contributed by atoms with Crippen LogP contribution in [0.1, 0.15) is 12.8 Å². The Labute approximate surface area is 100 Å². The van der Waals surface area contributed by atoms with Gasteiger partial charge < -0.3 is 5.11 Å². The molecule has 0 rings (SSSR count). The third kappa shape index (κ3) is 3.60. The summed E-state index contributed by atoms with van der Waals surface area (Å²) in [7, 11) is 0. The molecule has 0 aromatic rings. The quantitative estimate of drug-likeness (QED) is 0.448. The highest BCUT2D eigenvalue weighted by molar-refractivity contribution is 14.1. The Balaban J connectivity index is 4.77. The maximum absolute atomic E-state index is 12.7. The van der Waals surface area contributed by atoms with Crippen LogP contribution in [-0.4, -0.2) is 33.7 Å². The first-order chi connectivity index (χ1) is 6.95. The minimum Gasteiger partial charge on any atom is -0.396 e. The largest absolute Gasteiger partial charge is 0.459 e. The summed E-state index contributed by atoms with van der Waals surface area (Å²) in [6.45, 7) is -0.554. The highest BCUT2D eigenvalue weighted by atomic mass is 127. The van der Waals surface area contributed by atoms with Crippen molar-refractivity contribution in [2.75, 3.05) is 6.61 Å². The molecule has 0 aromatic carbocycles. The fourth-order valence-electron chi connectivity index (χ4n) is 0.856. The first-order valence-electron chi connectivity index (χ1n) is 4.03. The van der Waals surface area contributed by atoms with Gasteiger partial charge in [-0.2, -0.15) is 30.7 Å². The minimum absolute atomic E-state index is 0.274. The van der Waals surface area contributed by atoms with Crippen LogP contribution in [0.25, 0.3) is 0 Å². The molecule has 0 aliphatic carbocycles. The first-order valence-corrected chi connectivity index (χ1v) is 5.27. The number of rotatable bonds is 5. The van der Waals surface area contributed by atoms with E-state index in [1.807, 2.05) is 0 Å². The Morgan fingerprint density at radius 3 is 1.75 bits per heavy atom. The average Bonchev–Trinajstić information content (AvgIpc) is 2.00. The molecular weight excluding hydrogens is 360 g/mol. The average molecular weight is 368 g/mol. The van der Waals surface area contributed by atoms with Crippen LogP contribution in [-0.2, 0) is 0 Å². The van der Waals surface area contributed by atoms with Gasteiger partial charge in [-0.05, 0) is 6.42 Å². The first kappa shape index (κ1) is 16.2. The second-order valence-electron chi connectivity index (χ2n) is 3.09. The van der Waals surface area contributed by atoms with Gasteiger partial charge in [0.05, 0.1) is 0 Å². The van der Waals surface area contributed by atoms with Crippen molar-refractivity contribution in [2.45, 2.75) is 34.8 Å². The van der Waals surface area contributed by atoms with Crippen LogP contribution < -0.4 is 0 Å². The number of aliphatic hydroxyl groups is 1. The van der Waals surface area contributed by atoms with Crippen molar-refractivity contribution in [1.29, 1.82) is 0 Å². The molecule has 0 unspecified atom stereocenters. The fraction of sp³-hybridized carbons (Fsp3) is 1.00. The lowest BCUT2D eigenvalue weighted by Gasteiger charge is -2.29. The van der Waals surface area contributed by atoms with Gasteiger partial charge in [0.1, 0.15) is 0 Å². The van der Waals surface area contributed by atoms with Crippen molar-refractivity contribution in [2.24, 2.45) is 0 Å². The van der Waals surface area contributed by atoms with Crippen LogP contribution in [0.2, 0.25) is 0 Å². The molecule has 0 aliphatic heterocycles. The molecule has 0 saturated carbocycles. The standard InChI is InChI=1S/C7H8F7IO/c8-5(9,3-4(15)1-2-16)6(10,11)7(12,13)14/h4,16H,1-3H2/t4-/m0/s1. The predicted octanol–water partition coefficient (Wildman–Crippen LogP) is 3.40. The summed E-state index contributed by atoms with van der Waals surface area (Å²) < 4.78 is 84.1. The summed E-state index contributed by atoms with van der Waals surface area (Å²) in [6.07, 6.45) is -8.20. The highest BCUT2D eigenvalue weighted by Gasteiger charge is 2.72. The molecule has 16 heavy (non-hydrogen) atoms. The molecule has 0 bridgehead atoms. The lowest BCUT2D eigenvalue weighted by atomic mass is 10.0. The Kier molecular flexibility index (Phi) is 5.30. The number of aliphatic hydroxyl groups excluding tert-OH is 1. The van der Waals surface area contributed by atoms with E-state index < -0.39 is 35.0 Å². The van der Waals surface area contributed by atoms with Gasteiger partial charge in [0.2, 0.25) is 0 Å². The zero-order valence-corrected chi connectivity index (χ0v) is 9.83. The van der Waals surface area contributed by atoms with Crippen molar-refractivity contribution in [3.8, 4) is 0 Å². The molecule has 1 nitrogen and oxygen atoms in total. The normalized spacial score (nSPS) is 16.3. The van der Waals surface area contributed by atoms with Crippen LogP contribution in [0.5, 0.6) is 0 Å². The third-order valence-electron chi connectivity index (χ3n) is 1.74. The van der Waals surface area contributed by atoms with E-state index in [1.165, 1.54) is 22.6 Å². The summed E-state index contributed by atoms with van der Waals surface area (Å²) >= 11 is 1.29. The molecule has 98 valence electrons. The van der Waals surface area contributed by atoms with E-state index >= 15 is 0 Å². The Morgan fingerprint density at radius 1 is 1.00 bits per heavy atom. The van der Waals surface area contributed by atoms with Gasteiger partial charge in [0.15, 0.2) is 0 Å². The van der Waals surface area contributed by atoms with Crippen molar-refractivity contribution in [3.63, 3.8) is 0 Å². The van der Waals surface area contributed by atoms with E-state index in [2.05, 4.69) is 0 Å². The van der Waals surface area contributed by atoms with Gasteiger partial charge in [-0.25, -0.2) is 0 Å². The van der Waals surface area contributed by atoms with E-state index in [1.54, 1.807) is 0 Å². The van der Waals surface area contributed by atoms with Crippen molar-refractivity contribution >= 4 is 22.6 Å². The molecule has 1 atom stereocenters. The minimum atomic E-state index is -6.29. The van der Waals surface area contributed by atoms with Crippen LogP contribution in [0.3, 0.4) is 0 Å². The molecule has 0 heterocycles. The fourth-order valence-corrected chi connectivity index (χ4v) is 1.69. The van der Waals surface area contributed by atoms with E-state index in [4.69, 9.17) is 5.11 Å². The van der Waals surface area contributed by atoms with Crippen LogP contribution in [0, 0.1) is 0 Å².